The molecule has 138 valence electrons. The number of amides is 2. The molecule has 2 fully saturated rings. The van der Waals surface area contributed by atoms with Gasteiger partial charge >= 0.3 is 0 Å². The molecular weight excluding hydrogens is 334 g/mol. The van der Waals surface area contributed by atoms with E-state index >= 15 is 0 Å². The van der Waals surface area contributed by atoms with Crippen molar-refractivity contribution in [1.29, 1.82) is 0 Å². The minimum atomic E-state index is -0.719. The standard InChI is InChI=1S/C19H23N3O4/c1-21-17(24)8-7-15(20-21)18(25)22-10-16(23)19(12-22)9-14(11-26-19)13-5-3-2-4-6-13/h2-6,14,16,23H,7-12H2,1H3/t14-,16-,19-/m1/s1. The van der Waals surface area contributed by atoms with Crippen molar-refractivity contribution >= 4 is 17.5 Å². The SMILES string of the molecule is CN1N=C(C(=O)N2C[C@@H](O)[C@@]3(C[C@@H](c4ccccc4)CO3)C2)CCC1=O. The number of hydrazone groups is 1. The first-order chi connectivity index (χ1) is 12.5. The van der Waals surface area contributed by atoms with Gasteiger partial charge in [0.2, 0.25) is 5.91 Å². The smallest absolute Gasteiger partial charge is 0.270 e. The zero-order valence-electron chi connectivity index (χ0n) is 14.8. The molecule has 3 heterocycles. The molecule has 0 aromatic heterocycles. The second-order valence-corrected chi connectivity index (χ2v) is 7.35. The van der Waals surface area contributed by atoms with E-state index in [0.29, 0.717) is 31.7 Å². The van der Waals surface area contributed by atoms with Crippen molar-refractivity contribution in [3.8, 4) is 0 Å². The van der Waals surface area contributed by atoms with Gasteiger partial charge in [0.15, 0.2) is 0 Å². The highest BCUT2D eigenvalue weighted by atomic mass is 16.5. The zero-order valence-corrected chi connectivity index (χ0v) is 14.8. The Morgan fingerprint density at radius 2 is 2.08 bits per heavy atom. The highest BCUT2D eigenvalue weighted by Crippen LogP contribution is 2.42. The van der Waals surface area contributed by atoms with Crippen LogP contribution in [0, 0.1) is 0 Å². The molecule has 26 heavy (non-hydrogen) atoms. The van der Waals surface area contributed by atoms with Crippen LogP contribution in [0.25, 0.3) is 0 Å². The highest BCUT2D eigenvalue weighted by Gasteiger charge is 2.53. The van der Waals surface area contributed by atoms with Crippen molar-refractivity contribution < 1.29 is 19.4 Å². The van der Waals surface area contributed by atoms with Crippen LogP contribution in [-0.2, 0) is 14.3 Å². The van der Waals surface area contributed by atoms with E-state index in [9.17, 15) is 14.7 Å². The van der Waals surface area contributed by atoms with Crippen LogP contribution >= 0.6 is 0 Å². The Morgan fingerprint density at radius 1 is 1.31 bits per heavy atom. The Hall–Kier alpha value is -2.25. The number of ether oxygens (including phenoxy) is 1. The first-order valence-electron chi connectivity index (χ1n) is 8.99. The van der Waals surface area contributed by atoms with E-state index in [1.807, 2.05) is 18.2 Å². The van der Waals surface area contributed by atoms with Gasteiger partial charge in [-0.05, 0) is 12.0 Å². The molecule has 3 atom stereocenters. The summed E-state index contributed by atoms with van der Waals surface area (Å²) in [4.78, 5) is 25.9. The summed E-state index contributed by atoms with van der Waals surface area (Å²) in [7, 11) is 1.56. The molecular formula is C19H23N3O4. The molecule has 3 aliphatic rings. The molecule has 3 aliphatic heterocycles. The predicted molar refractivity (Wildman–Crippen MR) is 94.5 cm³/mol. The van der Waals surface area contributed by atoms with Crippen molar-refractivity contribution in [3.05, 3.63) is 35.9 Å². The van der Waals surface area contributed by atoms with Crippen LogP contribution in [-0.4, -0.2) is 71.0 Å². The lowest BCUT2D eigenvalue weighted by atomic mass is 9.87. The average Bonchev–Trinajstić information content (AvgIpc) is 3.22. The fourth-order valence-electron chi connectivity index (χ4n) is 4.11. The minimum Gasteiger partial charge on any atom is -0.388 e. The van der Waals surface area contributed by atoms with Gasteiger partial charge in [-0.25, -0.2) is 5.01 Å². The quantitative estimate of drug-likeness (QED) is 0.846. The van der Waals surface area contributed by atoms with Crippen LogP contribution in [0.5, 0.6) is 0 Å². The van der Waals surface area contributed by atoms with Crippen molar-refractivity contribution in [2.75, 3.05) is 26.7 Å². The van der Waals surface area contributed by atoms with Gasteiger partial charge in [-0.1, -0.05) is 30.3 Å². The van der Waals surface area contributed by atoms with Crippen LogP contribution < -0.4 is 0 Å². The number of rotatable bonds is 2. The third kappa shape index (κ3) is 2.91. The summed E-state index contributed by atoms with van der Waals surface area (Å²) in [6, 6.07) is 10.1. The van der Waals surface area contributed by atoms with Crippen LogP contribution in [0.4, 0.5) is 0 Å². The van der Waals surface area contributed by atoms with Crippen molar-refractivity contribution in [2.45, 2.75) is 36.9 Å². The summed E-state index contributed by atoms with van der Waals surface area (Å²) >= 11 is 0. The number of aliphatic hydroxyl groups is 1. The molecule has 1 N–H and O–H groups in total. The van der Waals surface area contributed by atoms with E-state index < -0.39 is 11.7 Å². The highest BCUT2D eigenvalue weighted by molar-refractivity contribution is 6.39. The maximum atomic E-state index is 12.8. The molecule has 0 unspecified atom stereocenters. The number of carbonyl (C=O) groups excluding carboxylic acids is 2. The molecule has 0 radical (unpaired) electrons. The number of hydrogen-bond acceptors (Lipinski definition) is 5. The summed E-state index contributed by atoms with van der Waals surface area (Å²) < 4.78 is 6.04. The summed E-state index contributed by atoms with van der Waals surface area (Å²) in [5, 5.41) is 15.9. The third-order valence-electron chi connectivity index (χ3n) is 5.64. The van der Waals surface area contributed by atoms with Gasteiger partial charge in [0.1, 0.15) is 17.4 Å². The van der Waals surface area contributed by atoms with E-state index in [4.69, 9.17) is 4.74 Å². The van der Waals surface area contributed by atoms with Gasteiger partial charge in [-0.2, -0.15) is 5.10 Å². The number of aliphatic hydroxyl groups excluding tert-OH is 1. The fraction of sp³-hybridized carbons (Fsp3) is 0.526. The number of benzene rings is 1. The molecule has 2 amide bonds. The van der Waals surface area contributed by atoms with Crippen LogP contribution in [0.15, 0.2) is 35.4 Å². The zero-order chi connectivity index (χ0) is 18.3. The number of carbonyl (C=O) groups is 2. The summed E-state index contributed by atoms with van der Waals surface area (Å²) in [6.07, 6.45) is 0.598. The van der Waals surface area contributed by atoms with E-state index in [-0.39, 0.29) is 30.7 Å². The lowest BCUT2D eigenvalue weighted by Crippen LogP contribution is -2.43. The van der Waals surface area contributed by atoms with Gasteiger partial charge in [0.05, 0.1) is 13.2 Å². The minimum absolute atomic E-state index is 0.0932. The molecule has 0 aliphatic carbocycles. The molecule has 1 spiro atoms. The molecule has 7 heteroatoms. The number of nitrogens with zero attached hydrogens (tertiary/aromatic N) is 3. The maximum Gasteiger partial charge on any atom is 0.270 e. The molecule has 4 rings (SSSR count). The van der Waals surface area contributed by atoms with Gasteiger partial charge in [-0.3, -0.25) is 9.59 Å². The normalized spacial score (nSPS) is 31.6. The first kappa shape index (κ1) is 17.2. The van der Waals surface area contributed by atoms with Crippen molar-refractivity contribution in [2.24, 2.45) is 5.10 Å². The van der Waals surface area contributed by atoms with Gasteiger partial charge in [-0.15, -0.1) is 0 Å². The lowest BCUT2D eigenvalue weighted by molar-refractivity contribution is -0.130. The first-order valence-corrected chi connectivity index (χ1v) is 8.99. The second-order valence-electron chi connectivity index (χ2n) is 7.35. The second kappa shape index (κ2) is 6.48. The van der Waals surface area contributed by atoms with Gasteiger partial charge < -0.3 is 14.7 Å². The molecule has 0 bridgehead atoms. The third-order valence-corrected chi connectivity index (χ3v) is 5.64. The number of hydrogen-bond donors (Lipinski definition) is 1. The van der Waals surface area contributed by atoms with Crippen molar-refractivity contribution in [1.82, 2.24) is 9.91 Å². The van der Waals surface area contributed by atoms with Gasteiger partial charge in [0.25, 0.3) is 5.91 Å². The molecule has 1 aromatic rings. The van der Waals surface area contributed by atoms with E-state index in [1.54, 1.807) is 11.9 Å². The van der Waals surface area contributed by atoms with Crippen LogP contribution in [0.2, 0.25) is 0 Å². The van der Waals surface area contributed by atoms with Crippen molar-refractivity contribution in [3.63, 3.8) is 0 Å². The van der Waals surface area contributed by atoms with Crippen LogP contribution in [0.1, 0.15) is 30.7 Å². The monoisotopic (exact) mass is 357 g/mol. The summed E-state index contributed by atoms with van der Waals surface area (Å²) in [6.45, 7) is 1.13. The predicted octanol–water partition coefficient (Wildman–Crippen LogP) is 0.741. The summed E-state index contributed by atoms with van der Waals surface area (Å²) in [5.74, 6) is -0.0898. The van der Waals surface area contributed by atoms with Gasteiger partial charge in [0, 0.05) is 32.4 Å². The Balaban J connectivity index is 1.47. The fourth-order valence-corrected chi connectivity index (χ4v) is 4.11. The maximum absolute atomic E-state index is 12.8. The lowest BCUT2D eigenvalue weighted by Gasteiger charge is -2.26. The molecule has 7 nitrogen and oxygen atoms in total. The Kier molecular flexibility index (Phi) is 4.28. The summed E-state index contributed by atoms with van der Waals surface area (Å²) in [5.41, 5.74) is 0.847. The Bertz CT molecular complexity index is 750. The average molecular weight is 357 g/mol. The number of likely N-dealkylation sites (tertiary alicyclic amines) is 1. The molecule has 2 saturated heterocycles. The van der Waals surface area contributed by atoms with E-state index in [1.165, 1.54) is 10.6 Å². The number of β-amino-alcohol motifs (C(OH)–C–C–N with tert-alkyl or cyclic N) is 1. The molecule has 1 aromatic carbocycles. The Morgan fingerprint density at radius 3 is 2.81 bits per heavy atom. The topological polar surface area (TPSA) is 82.4 Å². The largest absolute Gasteiger partial charge is 0.388 e. The Labute approximate surface area is 152 Å². The van der Waals surface area contributed by atoms with E-state index in [0.717, 1.165) is 0 Å². The molecule has 0 saturated carbocycles. The van der Waals surface area contributed by atoms with Crippen LogP contribution in [0.3, 0.4) is 0 Å². The van der Waals surface area contributed by atoms with E-state index in [2.05, 4.69) is 17.2 Å².